The highest BCUT2D eigenvalue weighted by Crippen LogP contribution is 2.21. The van der Waals surface area contributed by atoms with E-state index < -0.39 is 0 Å². The third kappa shape index (κ3) is 4.68. The van der Waals surface area contributed by atoms with E-state index in [0.717, 1.165) is 30.9 Å². The molecule has 0 fully saturated rings. The maximum absolute atomic E-state index is 12.1. The molecule has 4 nitrogen and oxygen atoms in total. The number of esters is 1. The van der Waals surface area contributed by atoms with Crippen molar-refractivity contribution >= 4 is 17.9 Å². The van der Waals surface area contributed by atoms with Crippen LogP contribution in [0, 0.1) is 5.41 Å². The van der Waals surface area contributed by atoms with E-state index >= 15 is 0 Å². The fourth-order valence-corrected chi connectivity index (χ4v) is 2.67. The molecule has 0 spiro atoms. The van der Waals surface area contributed by atoms with E-state index in [4.69, 9.17) is 4.74 Å². The number of hydrogen-bond acceptors (Lipinski definition) is 4. The zero-order valence-electron chi connectivity index (χ0n) is 14.3. The molecule has 1 aromatic carbocycles. The fraction of sp³-hybridized carbons (Fsp3) is 0.474. The van der Waals surface area contributed by atoms with Crippen LogP contribution < -0.4 is 0 Å². The van der Waals surface area contributed by atoms with Crippen LogP contribution in [0.5, 0.6) is 0 Å². The molecule has 0 amide bonds. The molecule has 0 bridgehead atoms. The molecule has 4 heteroatoms. The Balaban J connectivity index is 1.88. The SMILES string of the molecule is C=Cc1ccc(C(=O)OCCN2CCCN=C2C(C)(C)C)cc1. The molecule has 1 aromatic rings. The second kappa shape index (κ2) is 7.44. The van der Waals surface area contributed by atoms with Gasteiger partial charge in [-0.1, -0.05) is 45.6 Å². The summed E-state index contributed by atoms with van der Waals surface area (Å²) in [6.07, 6.45) is 2.80. The molecule has 0 aliphatic carbocycles. The van der Waals surface area contributed by atoms with Gasteiger partial charge in [0.1, 0.15) is 12.4 Å². The van der Waals surface area contributed by atoms with Gasteiger partial charge in [-0.25, -0.2) is 4.79 Å². The van der Waals surface area contributed by atoms with Crippen LogP contribution >= 0.6 is 0 Å². The van der Waals surface area contributed by atoms with Crippen LogP contribution in [0.4, 0.5) is 0 Å². The van der Waals surface area contributed by atoms with Crippen molar-refractivity contribution in [2.24, 2.45) is 10.4 Å². The van der Waals surface area contributed by atoms with Crippen molar-refractivity contribution in [1.29, 1.82) is 0 Å². The lowest BCUT2D eigenvalue weighted by molar-refractivity contribution is 0.0482. The van der Waals surface area contributed by atoms with Gasteiger partial charge < -0.3 is 9.64 Å². The number of benzene rings is 1. The average molecular weight is 314 g/mol. The molecule has 0 unspecified atom stereocenters. The number of aliphatic imine (C=N–C) groups is 1. The first-order valence-electron chi connectivity index (χ1n) is 8.11. The summed E-state index contributed by atoms with van der Waals surface area (Å²) >= 11 is 0. The molecule has 23 heavy (non-hydrogen) atoms. The molecule has 0 N–H and O–H groups in total. The molecule has 0 saturated heterocycles. The summed E-state index contributed by atoms with van der Waals surface area (Å²) in [5.41, 5.74) is 1.57. The predicted octanol–water partition coefficient (Wildman–Crippen LogP) is 3.64. The molecule has 2 rings (SSSR count). The first-order valence-corrected chi connectivity index (χ1v) is 8.11. The molecular weight excluding hydrogens is 288 g/mol. The summed E-state index contributed by atoms with van der Waals surface area (Å²) in [5.74, 6) is 0.821. The second-order valence-electron chi connectivity index (χ2n) is 6.76. The minimum atomic E-state index is -0.285. The Kier molecular flexibility index (Phi) is 5.59. The van der Waals surface area contributed by atoms with Crippen molar-refractivity contribution in [3.8, 4) is 0 Å². The third-order valence-corrected chi connectivity index (χ3v) is 3.79. The van der Waals surface area contributed by atoms with Gasteiger partial charge in [0.15, 0.2) is 0 Å². The smallest absolute Gasteiger partial charge is 0.338 e. The van der Waals surface area contributed by atoms with E-state index in [1.807, 2.05) is 12.1 Å². The van der Waals surface area contributed by atoms with Gasteiger partial charge >= 0.3 is 5.97 Å². The molecule has 1 heterocycles. The Morgan fingerprint density at radius 1 is 1.35 bits per heavy atom. The Morgan fingerprint density at radius 3 is 2.65 bits per heavy atom. The van der Waals surface area contributed by atoms with Crippen LogP contribution in [0.15, 0.2) is 35.8 Å². The number of ether oxygens (including phenoxy) is 1. The Hall–Kier alpha value is -2.10. The van der Waals surface area contributed by atoms with E-state index in [9.17, 15) is 4.79 Å². The van der Waals surface area contributed by atoms with Crippen LogP contribution in [0.1, 0.15) is 43.1 Å². The summed E-state index contributed by atoms with van der Waals surface area (Å²) in [4.78, 5) is 19.0. The minimum Gasteiger partial charge on any atom is -0.460 e. The largest absolute Gasteiger partial charge is 0.460 e. The van der Waals surface area contributed by atoms with Gasteiger partial charge in [-0.15, -0.1) is 0 Å². The quantitative estimate of drug-likeness (QED) is 0.779. The summed E-state index contributed by atoms with van der Waals surface area (Å²) in [5, 5.41) is 0. The number of carbonyl (C=O) groups excluding carboxylic acids is 1. The molecular formula is C19H26N2O2. The highest BCUT2D eigenvalue weighted by atomic mass is 16.5. The van der Waals surface area contributed by atoms with Gasteiger partial charge in [0.05, 0.1) is 12.1 Å². The van der Waals surface area contributed by atoms with Crippen LogP contribution in [0.3, 0.4) is 0 Å². The van der Waals surface area contributed by atoms with Crippen LogP contribution in [0.25, 0.3) is 6.08 Å². The van der Waals surface area contributed by atoms with Crippen LogP contribution in [-0.4, -0.2) is 42.9 Å². The predicted molar refractivity (Wildman–Crippen MR) is 94.8 cm³/mol. The monoisotopic (exact) mass is 314 g/mol. The van der Waals surface area contributed by atoms with E-state index in [1.54, 1.807) is 18.2 Å². The van der Waals surface area contributed by atoms with Crippen molar-refractivity contribution in [3.63, 3.8) is 0 Å². The molecule has 1 aliphatic heterocycles. The van der Waals surface area contributed by atoms with Crippen molar-refractivity contribution in [3.05, 3.63) is 42.0 Å². The summed E-state index contributed by atoms with van der Waals surface area (Å²) < 4.78 is 5.40. The van der Waals surface area contributed by atoms with Gasteiger partial charge in [-0.2, -0.15) is 0 Å². The van der Waals surface area contributed by atoms with Crippen molar-refractivity contribution in [2.75, 3.05) is 26.2 Å². The summed E-state index contributed by atoms with van der Waals surface area (Å²) in [6, 6.07) is 7.25. The number of amidine groups is 1. The highest BCUT2D eigenvalue weighted by Gasteiger charge is 2.26. The molecule has 0 aromatic heterocycles. The molecule has 1 aliphatic rings. The van der Waals surface area contributed by atoms with E-state index in [1.165, 1.54) is 0 Å². The van der Waals surface area contributed by atoms with Gasteiger partial charge in [-0.05, 0) is 24.1 Å². The number of hydrogen-bond donors (Lipinski definition) is 0. The normalized spacial score (nSPS) is 15.1. The second-order valence-corrected chi connectivity index (χ2v) is 6.76. The number of carbonyl (C=O) groups is 1. The Labute approximate surface area is 138 Å². The molecule has 124 valence electrons. The summed E-state index contributed by atoms with van der Waals surface area (Å²) in [7, 11) is 0. The van der Waals surface area contributed by atoms with Gasteiger partial charge in [0.25, 0.3) is 0 Å². The zero-order chi connectivity index (χ0) is 16.9. The summed E-state index contributed by atoms with van der Waals surface area (Å²) in [6.45, 7) is 13.1. The van der Waals surface area contributed by atoms with E-state index in [-0.39, 0.29) is 11.4 Å². The van der Waals surface area contributed by atoms with Crippen molar-refractivity contribution < 1.29 is 9.53 Å². The maximum atomic E-state index is 12.1. The number of nitrogens with zero attached hydrogens (tertiary/aromatic N) is 2. The minimum absolute atomic E-state index is 0.0188. The third-order valence-electron chi connectivity index (χ3n) is 3.79. The lowest BCUT2D eigenvalue weighted by atomic mass is 9.93. The van der Waals surface area contributed by atoms with Gasteiger partial charge in [0.2, 0.25) is 0 Å². The lowest BCUT2D eigenvalue weighted by Crippen LogP contribution is -2.44. The lowest BCUT2D eigenvalue weighted by Gasteiger charge is -2.36. The van der Waals surface area contributed by atoms with E-state index in [2.05, 4.69) is 37.2 Å². The van der Waals surface area contributed by atoms with Gasteiger partial charge in [0, 0.05) is 18.5 Å². The highest BCUT2D eigenvalue weighted by molar-refractivity contribution is 5.90. The first kappa shape index (κ1) is 17.3. The van der Waals surface area contributed by atoms with E-state index in [0.29, 0.717) is 18.7 Å². The maximum Gasteiger partial charge on any atom is 0.338 e. The standard InChI is InChI=1S/C19H26N2O2/c1-5-15-7-9-16(10-8-15)17(22)23-14-13-21-12-6-11-20-18(21)19(2,3)4/h5,7-10H,1,6,11-14H2,2-4H3. The average Bonchev–Trinajstić information content (AvgIpc) is 2.54. The fourth-order valence-electron chi connectivity index (χ4n) is 2.67. The Bertz CT molecular complexity index is 582. The zero-order valence-corrected chi connectivity index (χ0v) is 14.3. The topological polar surface area (TPSA) is 41.9 Å². The van der Waals surface area contributed by atoms with Crippen molar-refractivity contribution in [1.82, 2.24) is 4.90 Å². The molecule has 0 saturated carbocycles. The Morgan fingerprint density at radius 2 is 2.04 bits per heavy atom. The molecule has 0 atom stereocenters. The van der Waals surface area contributed by atoms with Crippen LogP contribution in [0.2, 0.25) is 0 Å². The van der Waals surface area contributed by atoms with Crippen LogP contribution in [-0.2, 0) is 4.74 Å². The molecule has 0 radical (unpaired) electrons. The first-order chi connectivity index (χ1) is 10.9. The van der Waals surface area contributed by atoms with Gasteiger partial charge in [-0.3, -0.25) is 4.99 Å². The van der Waals surface area contributed by atoms with Crippen molar-refractivity contribution in [2.45, 2.75) is 27.2 Å². The number of rotatable bonds is 5.